The molecule has 5 heteroatoms. The molecule has 0 saturated carbocycles. The average molecular weight is 518 g/mol. The van der Waals surface area contributed by atoms with E-state index in [1.165, 1.54) is 15.9 Å². The molecule has 5 aromatic rings. The van der Waals surface area contributed by atoms with E-state index in [1.807, 2.05) is 30.3 Å². The first-order valence-corrected chi connectivity index (χ1v) is 15.3. The second-order valence-electron chi connectivity index (χ2n) is 9.41. The van der Waals surface area contributed by atoms with Crippen LogP contribution in [0.4, 0.5) is 5.82 Å². The van der Waals surface area contributed by atoms with Gasteiger partial charge in [-0.05, 0) is 0 Å². The van der Waals surface area contributed by atoms with Crippen molar-refractivity contribution < 1.29 is 4.79 Å². The van der Waals surface area contributed by atoms with Crippen LogP contribution in [-0.4, -0.2) is 22.0 Å². The Morgan fingerprint density at radius 1 is 0.605 bits per heavy atom. The molecular formula is C33H32N3OP. The summed E-state index contributed by atoms with van der Waals surface area (Å²) in [4.78, 5) is 21.6. The molecule has 38 heavy (non-hydrogen) atoms. The number of hydrogen-bond donors (Lipinski definition) is 1. The molecule has 0 atom stereocenters. The Morgan fingerprint density at radius 2 is 1.11 bits per heavy atom. The number of anilines is 1. The van der Waals surface area contributed by atoms with Gasteiger partial charge in [0, 0.05) is 0 Å². The third kappa shape index (κ3) is 5.88. The standard InChI is InChI=1S/C33H32N3OP/c37-33(36-32-26-34-31(25-35-32)27-15-5-1-6-16-27)23-13-14-24-38(28-17-7-2-8-18-28,29-19-9-3-10-20-29)30-21-11-4-12-22-30/h1-12,15-22,25-26,38H,13-14,23-24H2,(H,35,36,37). The van der Waals surface area contributed by atoms with E-state index in [0.717, 1.165) is 30.3 Å². The average Bonchev–Trinajstić information content (AvgIpc) is 2.99. The number of nitrogens with zero attached hydrogens (tertiary/aromatic N) is 2. The summed E-state index contributed by atoms with van der Waals surface area (Å²) in [6.07, 6.45) is 6.57. The van der Waals surface area contributed by atoms with Crippen LogP contribution in [0.15, 0.2) is 134 Å². The van der Waals surface area contributed by atoms with Gasteiger partial charge in [-0.3, -0.25) is 0 Å². The zero-order chi connectivity index (χ0) is 26.0. The van der Waals surface area contributed by atoms with Crippen molar-refractivity contribution in [1.82, 2.24) is 9.97 Å². The van der Waals surface area contributed by atoms with Gasteiger partial charge >= 0.3 is 207 Å². The van der Waals surface area contributed by atoms with Crippen molar-refractivity contribution in [3.8, 4) is 11.3 Å². The predicted molar refractivity (Wildman–Crippen MR) is 161 cm³/mol. The number of unbranched alkanes of at least 4 members (excludes halogenated alkanes) is 1. The number of nitrogens with one attached hydrogen (secondary N) is 1. The summed E-state index contributed by atoms with van der Waals surface area (Å²) < 4.78 is 0. The molecule has 1 amide bonds. The van der Waals surface area contributed by atoms with Crippen molar-refractivity contribution in [2.24, 2.45) is 0 Å². The van der Waals surface area contributed by atoms with Gasteiger partial charge in [0.25, 0.3) is 0 Å². The molecule has 0 unspecified atom stereocenters. The van der Waals surface area contributed by atoms with Crippen LogP contribution < -0.4 is 21.2 Å². The Morgan fingerprint density at radius 3 is 1.58 bits per heavy atom. The van der Waals surface area contributed by atoms with Crippen LogP contribution in [0.2, 0.25) is 0 Å². The third-order valence-corrected chi connectivity index (χ3v) is 12.1. The zero-order valence-corrected chi connectivity index (χ0v) is 22.3. The van der Waals surface area contributed by atoms with E-state index in [4.69, 9.17) is 0 Å². The Hall–Kier alpha value is -4.14. The Balaban J connectivity index is 1.28. The Kier molecular flexibility index (Phi) is 8.32. The topological polar surface area (TPSA) is 54.9 Å². The summed E-state index contributed by atoms with van der Waals surface area (Å²) in [6.45, 7) is 0. The molecule has 1 aromatic heterocycles. The van der Waals surface area contributed by atoms with E-state index in [1.54, 1.807) is 12.4 Å². The van der Waals surface area contributed by atoms with Crippen LogP contribution in [0.3, 0.4) is 0 Å². The SMILES string of the molecule is O=C(CCCC[PH](c1ccccc1)(c1ccccc1)c1ccccc1)Nc1cnc(-c2ccccc2)cn1. The molecule has 1 heterocycles. The van der Waals surface area contributed by atoms with E-state index in [2.05, 4.69) is 106 Å². The molecule has 5 rings (SSSR count). The van der Waals surface area contributed by atoms with Crippen molar-refractivity contribution in [3.63, 3.8) is 0 Å². The molecule has 0 fully saturated rings. The first kappa shape index (κ1) is 25.5. The van der Waals surface area contributed by atoms with Gasteiger partial charge in [0.15, 0.2) is 0 Å². The summed E-state index contributed by atoms with van der Waals surface area (Å²) >= 11 is 0. The summed E-state index contributed by atoms with van der Waals surface area (Å²) in [5, 5.41) is 7.11. The van der Waals surface area contributed by atoms with E-state index in [9.17, 15) is 4.79 Å². The minimum absolute atomic E-state index is 0.0295. The number of amides is 1. The van der Waals surface area contributed by atoms with Crippen molar-refractivity contribution in [3.05, 3.63) is 134 Å². The van der Waals surface area contributed by atoms with Crippen molar-refractivity contribution in [2.75, 3.05) is 11.5 Å². The van der Waals surface area contributed by atoms with E-state index < -0.39 is 7.26 Å². The molecule has 0 aliphatic carbocycles. The molecule has 0 saturated heterocycles. The Bertz CT molecular complexity index is 1330. The number of aromatic nitrogens is 2. The van der Waals surface area contributed by atoms with Crippen LogP contribution in [0, 0.1) is 0 Å². The quantitative estimate of drug-likeness (QED) is 0.183. The fourth-order valence-corrected chi connectivity index (χ4v) is 10.1. The van der Waals surface area contributed by atoms with Crippen LogP contribution in [-0.2, 0) is 4.79 Å². The maximum atomic E-state index is 12.7. The number of carbonyl (C=O) groups is 1. The van der Waals surface area contributed by atoms with E-state index in [0.29, 0.717) is 12.2 Å². The fourth-order valence-electron chi connectivity index (χ4n) is 5.13. The summed E-state index contributed by atoms with van der Waals surface area (Å²) in [5.74, 6) is 0.453. The first-order valence-electron chi connectivity index (χ1n) is 13.1. The van der Waals surface area contributed by atoms with Crippen LogP contribution in [0.5, 0.6) is 0 Å². The monoisotopic (exact) mass is 517 g/mol. The molecule has 190 valence electrons. The van der Waals surface area contributed by atoms with E-state index >= 15 is 0 Å². The second kappa shape index (κ2) is 12.4. The number of carbonyl (C=O) groups excluding carboxylic acids is 1. The van der Waals surface area contributed by atoms with Crippen LogP contribution in [0.1, 0.15) is 19.3 Å². The van der Waals surface area contributed by atoms with E-state index in [-0.39, 0.29) is 5.91 Å². The third-order valence-electron chi connectivity index (χ3n) is 6.99. The molecule has 0 radical (unpaired) electrons. The molecule has 0 bridgehead atoms. The normalized spacial score (nSPS) is 11.6. The molecule has 0 aliphatic heterocycles. The molecule has 0 spiro atoms. The molecule has 0 aliphatic rings. The number of hydrogen-bond acceptors (Lipinski definition) is 3. The van der Waals surface area contributed by atoms with Gasteiger partial charge in [0.05, 0.1) is 0 Å². The van der Waals surface area contributed by atoms with Crippen LogP contribution in [0.25, 0.3) is 11.3 Å². The first-order chi connectivity index (χ1) is 18.8. The van der Waals surface area contributed by atoms with Crippen molar-refractivity contribution in [2.45, 2.75) is 19.3 Å². The maximum absolute atomic E-state index is 12.7. The van der Waals surface area contributed by atoms with Gasteiger partial charge in [-0.15, -0.1) is 0 Å². The molecular weight excluding hydrogens is 485 g/mol. The fraction of sp³-hybridized carbons (Fsp3) is 0.121. The summed E-state index contributed by atoms with van der Waals surface area (Å²) in [6, 6.07) is 42.6. The van der Waals surface area contributed by atoms with Gasteiger partial charge in [-0.1, -0.05) is 18.2 Å². The summed E-state index contributed by atoms with van der Waals surface area (Å²) in [5.41, 5.74) is 1.79. The van der Waals surface area contributed by atoms with Gasteiger partial charge < -0.3 is 0 Å². The van der Waals surface area contributed by atoms with Crippen LogP contribution >= 0.6 is 7.26 Å². The zero-order valence-electron chi connectivity index (χ0n) is 21.3. The van der Waals surface area contributed by atoms with Crippen molar-refractivity contribution in [1.29, 1.82) is 0 Å². The van der Waals surface area contributed by atoms with Gasteiger partial charge in [0.2, 0.25) is 0 Å². The molecule has 4 aromatic carbocycles. The number of rotatable bonds is 10. The molecule has 4 nitrogen and oxygen atoms in total. The predicted octanol–water partition coefficient (Wildman–Crippen LogP) is 5.98. The Labute approximate surface area is 225 Å². The molecule has 1 N–H and O–H groups in total. The second-order valence-corrected chi connectivity index (χ2v) is 13.5. The number of benzene rings is 4. The van der Waals surface area contributed by atoms with Gasteiger partial charge in [-0.2, -0.15) is 0 Å². The summed E-state index contributed by atoms with van der Waals surface area (Å²) in [7, 11) is -2.26. The van der Waals surface area contributed by atoms with Gasteiger partial charge in [0.1, 0.15) is 0 Å². The van der Waals surface area contributed by atoms with Gasteiger partial charge in [-0.25, -0.2) is 0 Å². The minimum atomic E-state index is -2.26. The van der Waals surface area contributed by atoms with Crippen molar-refractivity contribution >= 4 is 34.9 Å².